The maximum absolute atomic E-state index is 5.31. The molecule has 0 aromatic heterocycles. The topological polar surface area (TPSA) is 48.9 Å². The van der Waals surface area contributed by atoms with Crippen molar-refractivity contribution >= 4 is 29.9 Å². The van der Waals surface area contributed by atoms with Crippen molar-refractivity contribution in [1.29, 1.82) is 0 Å². The average Bonchev–Trinajstić information content (AvgIpc) is 2.64. The summed E-state index contributed by atoms with van der Waals surface area (Å²) in [4.78, 5) is 7.18. The van der Waals surface area contributed by atoms with Crippen molar-refractivity contribution in [3.63, 3.8) is 0 Å². The molecule has 1 aromatic rings. The lowest BCUT2D eigenvalue weighted by molar-refractivity contribution is 0.122. The highest BCUT2D eigenvalue weighted by molar-refractivity contribution is 14.0. The number of rotatable bonds is 7. The van der Waals surface area contributed by atoms with Crippen molar-refractivity contribution in [2.24, 2.45) is 16.8 Å². The Morgan fingerprint density at radius 3 is 2.56 bits per heavy atom. The molecule has 1 aliphatic rings. The largest absolute Gasteiger partial charge is 0.497 e. The molecule has 1 aromatic carbocycles. The van der Waals surface area contributed by atoms with Crippen molar-refractivity contribution in [3.05, 3.63) is 29.8 Å². The van der Waals surface area contributed by atoms with Gasteiger partial charge in [0, 0.05) is 25.7 Å². The van der Waals surface area contributed by atoms with E-state index < -0.39 is 0 Å². The fourth-order valence-corrected chi connectivity index (χ4v) is 3.64. The maximum Gasteiger partial charge on any atom is 0.191 e. The van der Waals surface area contributed by atoms with Crippen molar-refractivity contribution in [3.8, 4) is 5.75 Å². The Hall–Kier alpha value is -1.02. The molecule has 2 rings (SSSR count). The SMILES string of the molecule is CCNC(=NCC(C)C)NCC1CCCN(C)C1c1ccc(OC)cc1.I. The van der Waals surface area contributed by atoms with Gasteiger partial charge in [-0.15, -0.1) is 24.0 Å². The number of likely N-dealkylation sites (tertiary alicyclic amines) is 1. The van der Waals surface area contributed by atoms with E-state index in [1.807, 2.05) is 0 Å². The number of nitrogens with zero attached hydrogens (tertiary/aromatic N) is 2. The van der Waals surface area contributed by atoms with Crippen LogP contribution in [0.1, 0.15) is 45.2 Å². The first-order valence-electron chi connectivity index (χ1n) is 9.91. The third kappa shape index (κ3) is 7.49. The van der Waals surface area contributed by atoms with Crippen LogP contribution < -0.4 is 15.4 Å². The zero-order chi connectivity index (χ0) is 18.9. The molecule has 0 bridgehead atoms. The van der Waals surface area contributed by atoms with E-state index in [1.165, 1.54) is 18.4 Å². The van der Waals surface area contributed by atoms with Gasteiger partial charge in [0.15, 0.2) is 5.96 Å². The van der Waals surface area contributed by atoms with Gasteiger partial charge in [0.05, 0.1) is 7.11 Å². The number of aliphatic imine (C=N–C) groups is 1. The van der Waals surface area contributed by atoms with Gasteiger partial charge in [0.2, 0.25) is 0 Å². The Kier molecular flexibility index (Phi) is 11.1. The molecule has 1 heterocycles. The first-order valence-corrected chi connectivity index (χ1v) is 9.91. The van der Waals surface area contributed by atoms with Crippen LogP contribution in [0.3, 0.4) is 0 Å². The molecular formula is C21H37IN4O. The minimum Gasteiger partial charge on any atom is -0.497 e. The van der Waals surface area contributed by atoms with Gasteiger partial charge in [-0.3, -0.25) is 9.89 Å². The number of piperidine rings is 1. The molecule has 0 radical (unpaired) electrons. The van der Waals surface area contributed by atoms with E-state index >= 15 is 0 Å². The van der Waals surface area contributed by atoms with E-state index in [4.69, 9.17) is 9.73 Å². The normalized spacial score (nSPS) is 20.9. The highest BCUT2D eigenvalue weighted by atomic mass is 127. The van der Waals surface area contributed by atoms with E-state index in [9.17, 15) is 0 Å². The lowest BCUT2D eigenvalue weighted by Gasteiger charge is -2.40. The van der Waals surface area contributed by atoms with E-state index in [-0.39, 0.29) is 24.0 Å². The Balaban J connectivity index is 0.00000364. The molecule has 0 saturated carbocycles. The second-order valence-electron chi connectivity index (χ2n) is 7.60. The van der Waals surface area contributed by atoms with Gasteiger partial charge in [0.25, 0.3) is 0 Å². The van der Waals surface area contributed by atoms with Gasteiger partial charge < -0.3 is 15.4 Å². The van der Waals surface area contributed by atoms with E-state index in [1.54, 1.807) is 7.11 Å². The summed E-state index contributed by atoms with van der Waals surface area (Å²) in [7, 11) is 3.95. The number of ether oxygens (including phenoxy) is 1. The van der Waals surface area contributed by atoms with Gasteiger partial charge in [-0.2, -0.15) is 0 Å². The molecule has 27 heavy (non-hydrogen) atoms. The third-order valence-electron chi connectivity index (χ3n) is 4.95. The molecule has 2 atom stereocenters. The maximum atomic E-state index is 5.31. The predicted octanol–water partition coefficient (Wildman–Crippen LogP) is 3.91. The zero-order valence-electron chi connectivity index (χ0n) is 17.5. The van der Waals surface area contributed by atoms with Crippen LogP contribution in [0.25, 0.3) is 0 Å². The van der Waals surface area contributed by atoms with Crippen molar-refractivity contribution in [2.45, 2.75) is 39.7 Å². The van der Waals surface area contributed by atoms with E-state index in [2.05, 4.69) is 67.6 Å². The zero-order valence-corrected chi connectivity index (χ0v) is 19.8. The summed E-state index contributed by atoms with van der Waals surface area (Å²) < 4.78 is 5.31. The average molecular weight is 488 g/mol. The van der Waals surface area contributed by atoms with Crippen molar-refractivity contribution < 1.29 is 4.74 Å². The lowest BCUT2D eigenvalue weighted by Crippen LogP contribution is -2.45. The monoisotopic (exact) mass is 488 g/mol. The molecule has 1 aliphatic heterocycles. The van der Waals surface area contributed by atoms with E-state index in [0.717, 1.165) is 37.9 Å². The highest BCUT2D eigenvalue weighted by Gasteiger charge is 2.30. The summed E-state index contributed by atoms with van der Waals surface area (Å²) in [6, 6.07) is 8.97. The molecule has 1 fully saturated rings. The van der Waals surface area contributed by atoms with Gasteiger partial charge in [-0.05, 0) is 62.9 Å². The number of hydrogen-bond donors (Lipinski definition) is 2. The fourth-order valence-electron chi connectivity index (χ4n) is 3.64. The second-order valence-corrected chi connectivity index (χ2v) is 7.60. The van der Waals surface area contributed by atoms with Crippen molar-refractivity contribution in [1.82, 2.24) is 15.5 Å². The number of methoxy groups -OCH3 is 1. The Bertz CT molecular complexity index is 562. The summed E-state index contributed by atoms with van der Waals surface area (Å²) in [5, 5.41) is 6.94. The Morgan fingerprint density at radius 2 is 1.96 bits per heavy atom. The summed E-state index contributed by atoms with van der Waals surface area (Å²) >= 11 is 0. The summed E-state index contributed by atoms with van der Waals surface area (Å²) in [6.07, 6.45) is 2.48. The Labute approximate surface area is 182 Å². The Morgan fingerprint density at radius 1 is 1.26 bits per heavy atom. The molecule has 1 saturated heterocycles. The summed E-state index contributed by atoms with van der Waals surface area (Å²) in [5.74, 6) is 2.98. The van der Waals surface area contributed by atoms with Crippen molar-refractivity contribution in [2.75, 3.05) is 40.3 Å². The lowest BCUT2D eigenvalue weighted by atomic mass is 9.85. The first kappa shape index (κ1) is 24.0. The number of benzene rings is 1. The van der Waals surface area contributed by atoms with Crippen LogP contribution in [0.2, 0.25) is 0 Å². The smallest absolute Gasteiger partial charge is 0.191 e. The summed E-state index contributed by atoms with van der Waals surface area (Å²) in [5.41, 5.74) is 1.36. The molecule has 5 nitrogen and oxygen atoms in total. The molecular weight excluding hydrogens is 451 g/mol. The number of halogens is 1. The molecule has 6 heteroatoms. The molecule has 2 N–H and O–H groups in total. The standard InChI is InChI=1S/C21H36N4O.HI/c1-6-22-21(23-14-16(2)3)24-15-18-8-7-13-25(4)20(18)17-9-11-19(26-5)12-10-17;/h9-12,16,18,20H,6-8,13-15H2,1-5H3,(H2,22,23,24);1H. The molecule has 154 valence electrons. The molecule has 0 amide bonds. The van der Waals surface area contributed by atoms with Gasteiger partial charge in [-0.25, -0.2) is 0 Å². The minimum absolute atomic E-state index is 0. The number of nitrogens with one attached hydrogen (secondary N) is 2. The van der Waals surface area contributed by atoms with Crippen LogP contribution in [-0.4, -0.2) is 51.2 Å². The van der Waals surface area contributed by atoms with Crippen LogP contribution in [-0.2, 0) is 0 Å². The van der Waals surface area contributed by atoms with E-state index in [0.29, 0.717) is 17.9 Å². The van der Waals surface area contributed by atoms with Gasteiger partial charge in [-0.1, -0.05) is 26.0 Å². The van der Waals surface area contributed by atoms with Crippen LogP contribution in [0.15, 0.2) is 29.3 Å². The third-order valence-corrected chi connectivity index (χ3v) is 4.95. The van der Waals surface area contributed by atoms with Gasteiger partial charge in [0.1, 0.15) is 5.75 Å². The minimum atomic E-state index is 0. The highest BCUT2D eigenvalue weighted by Crippen LogP contribution is 2.35. The summed E-state index contributed by atoms with van der Waals surface area (Å²) in [6.45, 7) is 10.3. The molecule has 0 aliphatic carbocycles. The fraction of sp³-hybridized carbons (Fsp3) is 0.667. The molecule has 2 unspecified atom stereocenters. The van der Waals surface area contributed by atoms with Gasteiger partial charge >= 0.3 is 0 Å². The van der Waals surface area contributed by atoms with Crippen LogP contribution in [0.5, 0.6) is 5.75 Å². The van der Waals surface area contributed by atoms with Crippen LogP contribution in [0, 0.1) is 11.8 Å². The van der Waals surface area contributed by atoms with Crippen LogP contribution >= 0.6 is 24.0 Å². The number of guanidine groups is 1. The quantitative estimate of drug-likeness (QED) is 0.347. The first-order chi connectivity index (χ1) is 12.5. The van der Waals surface area contributed by atoms with Crippen LogP contribution in [0.4, 0.5) is 0 Å². The number of hydrogen-bond acceptors (Lipinski definition) is 3. The second kappa shape index (κ2) is 12.4. The molecule has 0 spiro atoms. The predicted molar refractivity (Wildman–Crippen MR) is 125 cm³/mol.